The highest BCUT2D eigenvalue weighted by Crippen LogP contribution is 2.43. The summed E-state index contributed by atoms with van der Waals surface area (Å²) in [6.45, 7) is 2.64. The summed E-state index contributed by atoms with van der Waals surface area (Å²) in [5.74, 6) is -1.03. The van der Waals surface area contributed by atoms with Crippen molar-refractivity contribution in [1.82, 2.24) is 0 Å². The van der Waals surface area contributed by atoms with Gasteiger partial charge in [0.1, 0.15) is 6.61 Å². The lowest BCUT2D eigenvalue weighted by Crippen LogP contribution is -2.29. The summed E-state index contributed by atoms with van der Waals surface area (Å²) in [6, 6.07) is 0. The van der Waals surface area contributed by atoms with Gasteiger partial charge in [-0.05, 0) is 32.1 Å². The number of rotatable bonds is 25. The van der Waals surface area contributed by atoms with E-state index in [1.54, 1.807) is 0 Å². The van der Waals surface area contributed by atoms with Gasteiger partial charge in [-0.2, -0.15) is 0 Å². The van der Waals surface area contributed by atoms with Gasteiger partial charge in [-0.25, -0.2) is 4.57 Å². The highest BCUT2D eigenvalue weighted by molar-refractivity contribution is 7.47. The van der Waals surface area contributed by atoms with Gasteiger partial charge in [0, 0.05) is 19.9 Å². The van der Waals surface area contributed by atoms with Gasteiger partial charge in [-0.15, -0.1) is 0 Å². The van der Waals surface area contributed by atoms with Crippen LogP contribution in [0.15, 0.2) is 12.2 Å². The molecule has 0 amide bonds. The number of phosphoric acid groups is 1. The molecule has 3 N–H and O–H groups in total. The average molecular weight is 536 g/mol. The molecule has 9 nitrogen and oxygen atoms in total. The molecule has 0 aromatic carbocycles. The highest BCUT2D eigenvalue weighted by Gasteiger charge is 2.25. The van der Waals surface area contributed by atoms with Crippen LogP contribution in [0, 0.1) is 0 Å². The van der Waals surface area contributed by atoms with Gasteiger partial charge in [0.05, 0.1) is 13.2 Å². The minimum absolute atomic E-state index is 0.0514. The fraction of sp³-hybridized carbons (Fsp3) is 0.846. The predicted molar refractivity (Wildman–Crippen MR) is 141 cm³/mol. The smallest absolute Gasteiger partial charge is 0.462 e. The van der Waals surface area contributed by atoms with E-state index in [9.17, 15) is 19.0 Å². The van der Waals surface area contributed by atoms with Crippen LogP contribution in [0.25, 0.3) is 0 Å². The molecule has 0 aliphatic rings. The predicted octanol–water partition coefficient (Wildman–Crippen LogP) is 5.98. The Balaban J connectivity index is 3.89. The number of phosphoric ester groups is 1. The first kappa shape index (κ1) is 34.8. The van der Waals surface area contributed by atoms with Crippen LogP contribution < -0.4 is 5.73 Å². The van der Waals surface area contributed by atoms with E-state index >= 15 is 0 Å². The highest BCUT2D eigenvalue weighted by atomic mass is 31.2. The summed E-state index contributed by atoms with van der Waals surface area (Å²) >= 11 is 0. The first-order valence-electron chi connectivity index (χ1n) is 13.6. The van der Waals surface area contributed by atoms with E-state index in [2.05, 4.69) is 23.6 Å². The van der Waals surface area contributed by atoms with E-state index in [0.29, 0.717) is 6.42 Å². The molecule has 212 valence electrons. The summed E-state index contributed by atoms with van der Waals surface area (Å²) in [7, 11) is -4.33. The standard InChI is InChI=1S/C26H50NO8P/c1-3-4-5-6-7-8-9-10-11-12-13-14-15-16-17-18-19-26(29)35-25(22-32-24(2)28)23-34-36(30,31)33-21-20-27/h11-12,25H,3-10,13-23,27H2,1-2H3,(H,30,31)/b12-11-. The zero-order valence-electron chi connectivity index (χ0n) is 22.5. The molecular formula is C26H50NO8P. The van der Waals surface area contributed by atoms with Gasteiger partial charge in [0.2, 0.25) is 0 Å². The van der Waals surface area contributed by atoms with Crippen molar-refractivity contribution in [3.63, 3.8) is 0 Å². The Kier molecular flexibility index (Phi) is 23.3. The van der Waals surface area contributed by atoms with Gasteiger partial charge in [-0.3, -0.25) is 18.6 Å². The Hall–Kier alpha value is -1.25. The molecule has 2 atom stereocenters. The first-order chi connectivity index (χ1) is 17.3. The molecule has 36 heavy (non-hydrogen) atoms. The minimum Gasteiger partial charge on any atom is -0.462 e. The summed E-state index contributed by atoms with van der Waals surface area (Å²) in [4.78, 5) is 32.8. The van der Waals surface area contributed by atoms with E-state index in [0.717, 1.165) is 32.1 Å². The number of carbonyl (C=O) groups excluding carboxylic acids is 2. The molecule has 0 aromatic rings. The molecule has 0 radical (unpaired) electrons. The monoisotopic (exact) mass is 535 g/mol. The lowest BCUT2D eigenvalue weighted by Gasteiger charge is -2.19. The van der Waals surface area contributed by atoms with Crippen LogP contribution in [-0.4, -0.2) is 49.3 Å². The molecule has 0 aliphatic carbocycles. The molecular weight excluding hydrogens is 485 g/mol. The van der Waals surface area contributed by atoms with Crippen LogP contribution in [0.2, 0.25) is 0 Å². The molecule has 0 aromatic heterocycles. The quantitative estimate of drug-likeness (QED) is 0.0626. The van der Waals surface area contributed by atoms with Gasteiger partial charge in [0.25, 0.3) is 0 Å². The van der Waals surface area contributed by atoms with Crippen LogP contribution in [0.3, 0.4) is 0 Å². The third kappa shape index (κ3) is 24.4. The number of unbranched alkanes of at least 4 members (excludes halogenated alkanes) is 12. The maximum absolute atomic E-state index is 12.1. The average Bonchev–Trinajstić information content (AvgIpc) is 2.84. The van der Waals surface area contributed by atoms with Crippen LogP contribution in [-0.2, 0) is 32.7 Å². The molecule has 10 heteroatoms. The summed E-state index contributed by atoms with van der Waals surface area (Å²) in [6.07, 6.45) is 20.4. The summed E-state index contributed by atoms with van der Waals surface area (Å²) in [5, 5.41) is 0. The van der Waals surface area contributed by atoms with E-state index in [1.165, 1.54) is 58.3 Å². The van der Waals surface area contributed by atoms with Gasteiger partial charge >= 0.3 is 19.8 Å². The number of hydrogen-bond acceptors (Lipinski definition) is 8. The fourth-order valence-corrected chi connectivity index (χ4v) is 4.24. The second-order valence-electron chi connectivity index (χ2n) is 8.99. The fourth-order valence-electron chi connectivity index (χ4n) is 3.47. The van der Waals surface area contributed by atoms with Gasteiger partial charge in [0.15, 0.2) is 6.10 Å². The van der Waals surface area contributed by atoms with Crippen molar-refractivity contribution in [3.05, 3.63) is 12.2 Å². The maximum atomic E-state index is 12.1. The van der Waals surface area contributed by atoms with Gasteiger partial charge in [-0.1, -0.05) is 76.9 Å². The zero-order chi connectivity index (χ0) is 26.9. The normalized spacial score (nSPS) is 14.0. The van der Waals surface area contributed by atoms with Crippen molar-refractivity contribution in [2.24, 2.45) is 5.73 Å². The van der Waals surface area contributed by atoms with Crippen LogP contribution in [0.1, 0.15) is 110 Å². The number of hydrogen-bond donors (Lipinski definition) is 2. The second kappa shape index (κ2) is 24.1. The van der Waals surface area contributed by atoms with E-state index in [4.69, 9.17) is 19.7 Å². The largest absolute Gasteiger partial charge is 0.472 e. The lowest BCUT2D eigenvalue weighted by molar-refractivity contribution is -0.160. The Bertz CT molecular complexity index is 629. The Morgan fingerprint density at radius 2 is 1.42 bits per heavy atom. The molecule has 0 rings (SSSR count). The minimum atomic E-state index is -4.33. The molecule has 0 bridgehead atoms. The third-order valence-corrected chi connectivity index (χ3v) is 6.44. The molecule has 0 heterocycles. The second-order valence-corrected chi connectivity index (χ2v) is 10.4. The van der Waals surface area contributed by atoms with Gasteiger partial charge < -0.3 is 20.1 Å². The van der Waals surface area contributed by atoms with E-state index in [1.807, 2.05) is 0 Å². The van der Waals surface area contributed by atoms with Crippen molar-refractivity contribution in [2.75, 3.05) is 26.4 Å². The molecule has 0 spiro atoms. The van der Waals surface area contributed by atoms with Crippen LogP contribution >= 0.6 is 7.82 Å². The number of nitrogens with two attached hydrogens (primary N) is 1. The zero-order valence-corrected chi connectivity index (χ0v) is 23.4. The van der Waals surface area contributed by atoms with Crippen molar-refractivity contribution < 1.29 is 37.6 Å². The number of carbonyl (C=O) groups is 2. The number of esters is 2. The van der Waals surface area contributed by atoms with Crippen molar-refractivity contribution in [2.45, 2.75) is 116 Å². The summed E-state index contributed by atoms with van der Waals surface area (Å²) in [5.41, 5.74) is 5.23. The SMILES string of the molecule is CCCCCCCCC/C=C\CCCCCCCC(=O)OC(COC(C)=O)COP(=O)(O)OCCN. The number of ether oxygens (including phenoxy) is 2. The Morgan fingerprint density at radius 1 is 0.861 bits per heavy atom. The molecule has 0 fully saturated rings. The summed E-state index contributed by atoms with van der Waals surface area (Å²) < 4.78 is 31.3. The molecule has 0 aliphatic heterocycles. The molecule has 2 unspecified atom stereocenters. The Labute approximate surface area is 218 Å². The number of allylic oxidation sites excluding steroid dienone is 2. The van der Waals surface area contributed by atoms with Crippen molar-refractivity contribution in [3.8, 4) is 0 Å². The van der Waals surface area contributed by atoms with Crippen LogP contribution in [0.4, 0.5) is 0 Å². The Morgan fingerprint density at radius 3 is 1.97 bits per heavy atom. The van der Waals surface area contributed by atoms with Crippen LogP contribution in [0.5, 0.6) is 0 Å². The third-order valence-electron chi connectivity index (χ3n) is 5.46. The van der Waals surface area contributed by atoms with Crippen molar-refractivity contribution >= 4 is 19.8 Å². The van der Waals surface area contributed by atoms with E-state index in [-0.39, 0.29) is 26.2 Å². The van der Waals surface area contributed by atoms with Crippen molar-refractivity contribution in [1.29, 1.82) is 0 Å². The first-order valence-corrected chi connectivity index (χ1v) is 15.1. The lowest BCUT2D eigenvalue weighted by atomic mass is 10.1. The molecule has 0 saturated heterocycles. The van der Waals surface area contributed by atoms with E-state index < -0.39 is 32.5 Å². The maximum Gasteiger partial charge on any atom is 0.472 e. The molecule has 0 saturated carbocycles. The topological polar surface area (TPSA) is 134 Å².